The number of piperidine rings is 1. The van der Waals surface area contributed by atoms with E-state index in [0.29, 0.717) is 42.5 Å². The number of rotatable bonds is 7. The van der Waals surface area contributed by atoms with Gasteiger partial charge in [-0.3, -0.25) is 4.98 Å². The number of amides is 1. The van der Waals surface area contributed by atoms with Gasteiger partial charge in [0, 0.05) is 19.3 Å². The lowest BCUT2D eigenvalue weighted by Crippen LogP contribution is -2.39. The van der Waals surface area contributed by atoms with Crippen LogP contribution in [0.4, 0.5) is 4.79 Å². The molecule has 0 aliphatic carbocycles. The van der Waals surface area contributed by atoms with Gasteiger partial charge in [0.05, 0.1) is 23.9 Å². The van der Waals surface area contributed by atoms with Gasteiger partial charge in [-0.2, -0.15) is 5.26 Å². The van der Waals surface area contributed by atoms with Crippen LogP contribution in [0.1, 0.15) is 42.9 Å². The molecule has 1 aromatic carbocycles. The quantitative estimate of drug-likeness (QED) is 0.493. The van der Waals surface area contributed by atoms with Crippen molar-refractivity contribution in [3.05, 3.63) is 65.7 Å². The number of aromatic nitrogens is 5. The molecule has 0 atom stereocenters. The Morgan fingerprint density at radius 2 is 2.00 bits per heavy atom. The minimum absolute atomic E-state index is 0.0998. The van der Waals surface area contributed by atoms with Crippen LogP contribution >= 0.6 is 0 Å². The van der Waals surface area contributed by atoms with Gasteiger partial charge in [-0.1, -0.05) is 18.2 Å². The fourth-order valence-electron chi connectivity index (χ4n) is 3.76. The van der Waals surface area contributed by atoms with Crippen molar-refractivity contribution in [2.45, 2.75) is 32.4 Å². The normalized spacial score (nSPS) is 14.5. The second kappa shape index (κ2) is 11.0. The standard InChI is InChI=1S/C24H25N7O3/c1-2-33-24(32)30-13-10-20(11-14-30)31-23(27-28-29-31)17-34-21-8-6-18(7-9-21)15-19(16-25)22-5-3-4-12-26-22/h3-9,12,15,20H,2,10-11,13-14,17H2,1H3. The third-order valence-electron chi connectivity index (χ3n) is 5.52. The topological polar surface area (TPSA) is 119 Å². The van der Waals surface area contributed by atoms with E-state index in [-0.39, 0.29) is 18.7 Å². The highest BCUT2D eigenvalue weighted by Gasteiger charge is 2.27. The number of carbonyl (C=O) groups is 1. The first kappa shape index (κ1) is 22.9. The molecule has 0 unspecified atom stereocenters. The van der Waals surface area contributed by atoms with Crippen molar-refractivity contribution in [3.63, 3.8) is 0 Å². The van der Waals surface area contributed by atoms with E-state index in [1.54, 1.807) is 34.8 Å². The third-order valence-corrected chi connectivity index (χ3v) is 5.52. The Bertz CT molecular complexity index is 1160. The first-order chi connectivity index (χ1) is 16.7. The summed E-state index contributed by atoms with van der Waals surface area (Å²) in [5, 5.41) is 21.5. The molecular weight excluding hydrogens is 434 g/mol. The highest BCUT2D eigenvalue weighted by atomic mass is 16.6. The average molecular weight is 460 g/mol. The number of carbonyl (C=O) groups excluding carboxylic acids is 1. The van der Waals surface area contributed by atoms with Crippen LogP contribution in [-0.4, -0.2) is 55.9 Å². The van der Waals surface area contributed by atoms with Crippen LogP contribution in [0, 0.1) is 11.3 Å². The predicted octanol–water partition coefficient (Wildman–Crippen LogP) is 3.50. The smallest absolute Gasteiger partial charge is 0.409 e. The number of nitrogens with zero attached hydrogens (tertiary/aromatic N) is 7. The lowest BCUT2D eigenvalue weighted by molar-refractivity contribution is 0.0906. The van der Waals surface area contributed by atoms with E-state index in [1.165, 1.54) is 0 Å². The maximum absolute atomic E-state index is 11.9. The van der Waals surface area contributed by atoms with Crippen molar-refractivity contribution in [3.8, 4) is 11.8 Å². The van der Waals surface area contributed by atoms with Gasteiger partial charge in [-0.15, -0.1) is 5.10 Å². The molecule has 1 aliphatic heterocycles. The van der Waals surface area contributed by atoms with Crippen LogP contribution in [0.5, 0.6) is 5.75 Å². The van der Waals surface area contributed by atoms with Gasteiger partial charge in [-0.25, -0.2) is 9.48 Å². The van der Waals surface area contributed by atoms with Crippen molar-refractivity contribution in [1.29, 1.82) is 5.26 Å². The first-order valence-electron chi connectivity index (χ1n) is 11.1. The molecule has 1 amide bonds. The second-order valence-electron chi connectivity index (χ2n) is 7.70. The Balaban J connectivity index is 1.35. The Labute approximate surface area is 197 Å². The van der Waals surface area contributed by atoms with Gasteiger partial charge in [0.15, 0.2) is 5.82 Å². The molecule has 174 valence electrons. The fourth-order valence-corrected chi connectivity index (χ4v) is 3.76. The molecule has 0 spiro atoms. The number of hydrogen-bond acceptors (Lipinski definition) is 8. The van der Waals surface area contributed by atoms with E-state index in [1.807, 2.05) is 36.4 Å². The molecule has 0 radical (unpaired) electrons. The summed E-state index contributed by atoms with van der Waals surface area (Å²) < 4.78 is 12.8. The van der Waals surface area contributed by atoms with Gasteiger partial charge >= 0.3 is 6.09 Å². The monoisotopic (exact) mass is 459 g/mol. The highest BCUT2D eigenvalue weighted by Crippen LogP contribution is 2.24. The number of hydrogen-bond donors (Lipinski definition) is 0. The lowest BCUT2D eigenvalue weighted by atomic mass is 10.1. The molecule has 0 N–H and O–H groups in total. The number of benzene rings is 1. The van der Waals surface area contributed by atoms with E-state index in [0.717, 1.165) is 18.4 Å². The van der Waals surface area contributed by atoms with Crippen LogP contribution in [0.3, 0.4) is 0 Å². The Kier molecular flexibility index (Phi) is 7.45. The number of likely N-dealkylation sites (tertiary alicyclic amines) is 1. The van der Waals surface area contributed by atoms with Crippen molar-refractivity contribution < 1.29 is 14.3 Å². The average Bonchev–Trinajstić information content (AvgIpc) is 3.36. The van der Waals surface area contributed by atoms with Crippen LogP contribution in [0.25, 0.3) is 11.6 Å². The molecule has 0 bridgehead atoms. The maximum Gasteiger partial charge on any atom is 0.409 e. The number of nitriles is 1. The highest BCUT2D eigenvalue weighted by molar-refractivity contribution is 5.88. The van der Waals surface area contributed by atoms with Crippen LogP contribution < -0.4 is 4.74 Å². The van der Waals surface area contributed by atoms with Crippen LogP contribution in [-0.2, 0) is 11.3 Å². The summed E-state index contributed by atoms with van der Waals surface area (Å²) in [7, 11) is 0. The molecule has 10 heteroatoms. The van der Waals surface area contributed by atoms with Crippen molar-refractivity contribution in [2.75, 3.05) is 19.7 Å². The maximum atomic E-state index is 11.9. The number of ether oxygens (including phenoxy) is 2. The van der Waals surface area contributed by atoms with Gasteiger partial charge in [0.2, 0.25) is 0 Å². The summed E-state index contributed by atoms with van der Waals surface area (Å²) in [4.78, 5) is 17.8. The predicted molar refractivity (Wildman–Crippen MR) is 123 cm³/mol. The minimum atomic E-state index is -0.276. The van der Waals surface area contributed by atoms with E-state index < -0.39 is 0 Å². The largest absolute Gasteiger partial charge is 0.486 e. The van der Waals surface area contributed by atoms with Gasteiger partial charge in [0.1, 0.15) is 18.4 Å². The zero-order chi connectivity index (χ0) is 23.8. The van der Waals surface area contributed by atoms with Crippen LogP contribution in [0.15, 0.2) is 48.7 Å². The summed E-state index contributed by atoms with van der Waals surface area (Å²) in [6.07, 6.45) is 4.66. The van der Waals surface area contributed by atoms with E-state index in [2.05, 4.69) is 26.6 Å². The molecule has 10 nitrogen and oxygen atoms in total. The summed E-state index contributed by atoms with van der Waals surface area (Å²) in [6, 6.07) is 15.2. The van der Waals surface area contributed by atoms with Crippen molar-refractivity contribution in [2.24, 2.45) is 0 Å². The third kappa shape index (κ3) is 5.56. The second-order valence-corrected chi connectivity index (χ2v) is 7.70. The minimum Gasteiger partial charge on any atom is -0.486 e. The van der Waals surface area contributed by atoms with Crippen LogP contribution in [0.2, 0.25) is 0 Å². The molecule has 34 heavy (non-hydrogen) atoms. The van der Waals surface area contributed by atoms with Gasteiger partial charge in [-0.05, 0) is 66.1 Å². The van der Waals surface area contributed by atoms with Crippen molar-refractivity contribution in [1.82, 2.24) is 30.1 Å². The van der Waals surface area contributed by atoms with Gasteiger partial charge < -0.3 is 14.4 Å². The summed E-state index contributed by atoms with van der Waals surface area (Å²) in [6.45, 7) is 3.59. The molecular formula is C24H25N7O3. The summed E-state index contributed by atoms with van der Waals surface area (Å²) in [5.74, 6) is 1.29. The molecule has 1 aliphatic rings. The summed E-state index contributed by atoms with van der Waals surface area (Å²) >= 11 is 0. The molecule has 1 saturated heterocycles. The fraction of sp³-hybridized carbons (Fsp3) is 0.333. The SMILES string of the molecule is CCOC(=O)N1CCC(n2nnnc2COc2ccc(C=C(C#N)c3ccccn3)cc2)CC1. The number of allylic oxidation sites excluding steroid dienone is 1. The van der Waals surface area contributed by atoms with E-state index in [4.69, 9.17) is 9.47 Å². The Hall–Kier alpha value is -4.26. The number of tetrazole rings is 1. The molecule has 1 fully saturated rings. The van der Waals surface area contributed by atoms with E-state index in [9.17, 15) is 10.1 Å². The molecule has 3 aromatic rings. The summed E-state index contributed by atoms with van der Waals surface area (Å²) in [5.41, 5.74) is 1.99. The molecule has 4 rings (SSSR count). The Morgan fingerprint density at radius 1 is 1.21 bits per heavy atom. The molecule has 2 aromatic heterocycles. The van der Waals surface area contributed by atoms with Crippen molar-refractivity contribution >= 4 is 17.7 Å². The zero-order valence-electron chi connectivity index (χ0n) is 18.9. The molecule has 3 heterocycles. The first-order valence-corrected chi connectivity index (χ1v) is 11.1. The lowest BCUT2D eigenvalue weighted by Gasteiger charge is -2.31. The number of pyridine rings is 1. The zero-order valence-corrected chi connectivity index (χ0v) is 18.9. The van der Waals surface area contributed by atoms with Gasteiger partial charge in [0.25, 0.3) is 0 Å². The van der Waals surface area contributed by atoms with E-state index >= 15 is 0 Å². The molecule has 0 saturated carbocycles. The Morgan fingerprint density at radius 3 is 2.68 bits per heavy atom.